The average Bonchev–Trinajstić information content (AvgIpc) is 3.37. The number of halogens is 1. The van der Waals surface area contributed by atoms with Crippen LogP contribution in [-0.2, 0) is 9.59 Å². The van der Waals surface area contributed by atoms with Gasteiger partial charge in [0.05, 0.1) is 11.3 Å². The molecule has 1 aromatic heterocycles. The number of benzene rings is 2. The fraction of sp³-hybridized carbons (Fsp3) is 0.280. The van der Waals surface area contributed by atoms with Gasteiger partial charge in [0.2, 0.25) is 11.8 Å². The van der Waals surface area contributed by atoms with Gasteiger partial charge in [-0.25, -0.2) is 4.79 Å². The number of hydrogen-bond donors (Lipinski definition) is 3. The second-order valence-electron chi connectivity index (χ2n) is 8.79. The van der Waals surface area contributed by atoms with E-state index >= 15 is 0 Å². The lowest BCUT2D eigenvalue weighted by molar-refractivity contribution is -0.135. The molecular weight excluding hydrogens is 498 g/mol. The third-order valence-corrected chi connectivity index (χ3v) is 6.29. The highest BCUT2D eigenvalue weighted by atomic mass is 35.5. The molecule has 3 N–H and O–H groups in total. The third-order valence-electron chi connectivity index (χ3n) is 6.05. The van der Waals surface area contributed by atoms with E-state index in [1.54, 1.807) is 48.2 Å². The maximum Gasteiger partial charge on any atom is 0.335 e. The summed E-state index contributed by atoms with van der Waals surface area (Å²) in [6.45, 7) is 3.28. The van der Waals surface area contributed by atoms with Gasteiger partial charge in [0.1, 0.15) is 6.33 Å². The lowest BCUT2D eigenvalue weighted by Crippen LogP contribution is -2.52. The number of carboxylic acid groups (broad SMARTS) is 1. The lowest BCUT2D eigenvalue weighted by Gasteiger charge is -2.40. The van der Waals surface area contributed by atoms with Crippen LogP contribution in [-0.4, -0.2) is 73.7 Å². The Labute approximate surface area is 218 Å². The van der Waals surface area contributed by atoms with Crippen LogP contribution < -0.4 is 10.6 Å². The van der Waals surface area contributed by atoms with E-state index in [-0.39, 0.29) is 29.3 Å². The first-order valence-corrected chi connectivity index (χ1v) is 12.0. The number of carbonyl (C=O) groups is 3. The minimum Gasteiger partial charge on any atom is -0.478 e. The fourth-order valence-electron chi connectivity index (χ4n) is 4.10. The number of rotatable bonds is 10. The lowest BCUT2D eigenvalue weighted by atomic mass is 9.92. The Balaban J connectivity index is 1.42. The maximum absolute atomic E-state index is 12.9. The van der Waals surface area contributed by atoms with Crippen LogP contribution in [0.2, 0.25) is 5.02 Å². The molecule has 2 amide bonds. The fourth-order valence-corrected chi connectivity index (χ4v) is 4.28. The average molecular weight is 524 g/mol. The number of likely N-dealkylation sites (tertiary alicyclic amines) is 1. The summed E-state index contributed by atoms with van der Waals surface area (Å²) in [5.41, 5.74) is 2.27. The van der Waals surface area contributed by atoms with Gasteiger partial charge >= 0.3 is 5.97 Å². The van der Waals surface area contributed by atoms with Gasteiger partial charge in [-0.1, -0.05) is 11.6 Å². The molecule has 1 fully saturated rings. The zero-order chi connectivity index (χ0) is 26.4. The van der Waals surface area contributed by atoms with E-state index in [0.717, 1.165) is 5.69 Å². The minimum absolute atomic E-state index is 0.0383. The summed E-state index contributed by atoms with van der Waals surface area (Å²) in [7, 11) is 0. The summed E-state index contributed by atoms with van der Waals surface area (Å²) < 4.78 is 1.48. The van der Waals surface area contributed by atoms with Crippen LogP contribution in [0.5, 0.6) is 0 Å². The zero-order valence-corrected chi connectivity index (χ0v) is 20.8. The molecule has 2 heterocycles. The molecule has 2 aromatic carbocycles. The summed E-state index contributed by atoms with van der Waals surface area (Å²) in [4.78, 5) is 37.3. The monoisotopic (exact) mass is 523 g/mol. The Bertz CT molecular complexity index is 1290. The van der Waals surface area contributed by atoms with Crippen LogP contribution >= 0.6 is 11.6 Å². The van der Waals surface area contributed by atoms with Crippen LogP contribution in [0.4, 0.5) is 5.69 Å². The Kier molecular flexibility index (Phi) is 8.14. The van der Waals surface area contributed by atoms with Gasteiger partial charge in [0, 0.05) is 54.9 Å². The molecular formula is C25H26ClN7O4. The first kappa shape index (κ1) is 25.8. The van der Waals surface area contributed by atoms with Gasteiger partial charge in [-0.15, -0.1) is 5.10 Å². The van der Waals surface area contributed by atoms with Crippen LogP contribution in [0.3, 0.4) is 0 Å². The molecule has 0 radical (unpaired) electrons. The van der Waals surface area contributed by atoms with Crippen LogP contribution in [0.25, 0.3) is 11.8 Å². The number of anilines is 1. The van der Waals surface area contributed by atoms with E-state index in [9.17, 15) is 14.4 Å². The SMILES string of the molecule is CC(=O)N1CC(C[C@@H](CNc2ccc(C(=O)O)cc2)NC(=O)/C=C/c2cc(Cl)ccc2-n2cnnn2)C1. The molecule has 1 saturated heterocycles. The normalized spacial score (nSPS) is 14.3. The van der Waals surface area contributed by atoms with Crippen molar-refractivity contribution in [2.24, 2.45) is 5.92 Å². The molecule has 1 aliphatic rings. The van der Waals surface area contributed by atoms with Crippen molar-refractivity contribution < 1.29 is 19.5 Å². The first-order valence-electron chi connectivity index (χ1n) is 11.6. The standard InChI is InChI=1S/C25H26ClN7O4/c1-16(34)32-13-17(14-32)10-22(12-27-21-6-2-18(3-7-21)25(36)37)29-24(35)9-4-19-11-20(26)5-8-23(19)33-15-28-30-31-33/h2-9,11,15,17,22,27H,10,12-14H2,1H3,(H,29,35)(H,36,37)/b9-4+/t22-/m0/s1. The number of carbonyl (C=O) groups excluding carboxylic acids is 2. The van der Waals surface area contributed by atoms with Gasteiger partial charge in [-0.2, -0.15) is 4.68 Å². The number of nitrogens with zero attached hydrogens (tertiary/aromatic N) is 5. The minimum atomic E-state index is -0.994. The number of nitrogens with one attached hydrogen (secondary N) is 2. The van der Waals surface area contributed by atoms with E-state index in [0.29, 0.717) is 42.3 Å². The molecule has 1 atom stereocenters. The highest BCUT2D eigenvalue weighted by Crippen LogP contribution is 2.22. The Hall–Kier alpha value is -4.25. The van der Waals surface area contributed by atoms with E-state index in [1.165, 1.54) is 29.2 Å². The van der Waals surface area contributed by atoms with Crippen molar-refractivity contribution >= 4 is 41.1 Å². The number of amides is 2. The largest absolute Gasteiger partial charge is 0.478 e. The second kappa shape index (κ2) is 11.7. The van der Waals surface area contributed by atoms with Crippen LogP contribution in [0, 0.1) is 5.92 Å². The molecule has 0 saturated carbocycles. The molecule has 0 bridgehead atoms. The third kappa shape index (κ3) is 6.91. The molecule has 3 aromatic rings. The van der Waals surface area contributed by atoms with E-state index < -0.39 is 5.97 Å². The molecule has 0 unspecified atom stereocenters. The molecule has 4 rings (SSSR count). The second-order valence-corrected chi connectivity index (χ2v) is 9.22. The van der Waals surface area contributed by atoms with Crippen molar-refractivity contribution in [3.8, 4) is 5.69 Å². The predicted molar refractivity (Wildman–Crippen MR) is 137 cm³/mol. The number of aromatic carboxylic acids is 1. The molecule has 12 heteroatoms. The summed E-state index contributed by atoms with van der Waals surface area (Å²) in [6.07, 6.45) is 5.20. The van der Waals surface area contributed by atoms with Crippen molar-refractivity contribution in [1.82, 2.24) is 30.4 Å². The van der Waals surface area contributed by atoms with E-state index in [2.05, 4.69) is 26.2 Å². The molecule has 11 nitrogen and oxygen atoms in total. The van der Waals surface area contributed by atoms with Gasteiger partial charge in [-0.3, -0.25) is 9.59 Å². The van der Waals surface area contributed by atoms with Crippen LogP contribution in [0.1, 0.15) is 29.3 Å². The number of aromatic nitrogens is 4. The predicted octanol–water partition coefficient (Wildman–Crippen LogP) is 2.49. The van der Waals surface area contributed by atoms with Gasteiger partial charge in [0.15, 0.2) is 0 Å². The number of tetrazole rings is 1. The molecule has 0 aliphatic carbocycles. The van der Waals surface area contributed by atoms with Gasteiger partial charge in [-0.05, 0) is 71.3 Å². The van der Waals surface area contributed by atoms with Crippen molar-refractivity contribution in [2.45, 2.75) is 19.4 Å². The van der Waals surface area contributed by atoms with Crippen molar-refractivity contribution in [1.29, 1.82) is 0 Å². The zero-order valence-electron chi connectivity index (χ0n) is 20.0. The summed E-state index contributed by atoms with van der Waals surface area (Å²) >= 11 is 6.15. The van der Waals surface area contributed by atoms with E-state index in [4.69, 9.17) is 16.7 Å². The van der Waals surface area contributed by atoms with Gasteiger partial charge in [0.25, 0.3) is 0 Å². The molecule has 37 heavy (non-hydrogen) atoms. The number of hydrogen-bond acceptors (Lipinski definition) is 7. The van der Waals surface area contributed by atoms with Crippen molar-refractivity contribution in [3.63, 3.8) is 0 Å². The number of carboxylic acids is 1. The van der Waals surface area contributed by atoms with Crippen molar-refractivity contribution in [2.75, 3.05) is 25.0 Å². The smallest absolute Gasteiger partial charge is 0.335 e. The Morgan fingerprint density at radius 1 is 1.19 bits per heavy atom. The quantitative estimate of drug-likeness (QED) is 0.344. The topological polar surface area (TPSA) is 142 Å². The van der Waals surface area contributed by atoms with Crippen molar-refractivity contribution in [3.05, 3.63) is 71.0 Å². The molecule has 0 spiro atoms. The highest BCUT2D eigenvalue weighted by Gasteiger charge is 2.30. The Morgan fingerprint density at radius 2 is 1.95 bits per heavy atom. The van der Waals surface area contributed by atoms with E-state index in [1.807, 2.05) is 0 Å². The van der Waals surface area contributed by atoms with Crippen LogP contribution in [0.15, 0.2) is 54.9 Å². The maximum atomic E-state index is 12.9. The van der Waals surface area contributed by atoms with Gasteiger partial charge < -0.3 is 20.6 Å². The molecule has 1 aliphatic heterocycles. The summed E-state index contributed by atoms with van der Waals surface area (Å²) in [5, 5.41) is 27.1. The molecule has 192 valence electrons. The summed E-state index contributed by atoms with van der Waals surface area (Å²) in [5.74, 6) is -0.977. The highest BCUT2D eigenvalue weighted by molar-refractivity contribution is 6.30. The first-order chi connectivity index (χ1) is 17.8. The Morgan fingerprint density at radius 3 is 2.59 bits per heavy atom. The summed E-state index contributed by atoms with van der Waals surface area (Å²) in [6, 6.07) is 11.4.